The lowest BCUT2D eigenvalue weighted by atomic mass is 9.84. The molecule has 0 aliphatic heterocycles. The SMILES string of the molecule is CCC(C)(C)CCC(C)OC(C)=O. The van der Waals surface area contributed by atoms with Crippen molar-refractivity contribution in [1.29, 1.82) is 0 Å². The number of carbonyl (C=O) groups excluding carboxylic acids is 1. The zero-order valence-corrected chi connectivity index (χ0v) is 9.52. The molecule has 0 N–H and O–H groups in total. The molecule has 0 heterocycles. The predicted octanol–water partition coefficient (Wildman–Crippen LogP) is 3.15. The van der Waals surface area contributed by atoms with E-state index in [1.807, 2.05) is 6.92 Å². The summed E-state index contributed by atoms with van der Waals surface area (Å²) < 4.78 is 5.05. The Balaban J connectivity index is 3.69. The Morgan fingerprint density at radius 3 is 2.38 bits per heavy atom. The number of hydrogen-bond donors (Lipinski definition) is 0. The maximum absolute atomic E-state index is 10.6. The summed E-state index contributed by atoms with van der Waals surface area (Å²) in [5, 5.41) is 0. The fourth-order valence-corrected chi connectivity index (χ4v) is 1.11. The monoisotopic (exact) mass is 186 g/mol. The van der Waals surface area contributed by atoms with Crippen LogP contribution in [0.2, 0.25) is 0 Å². The second-order valence-corrected chi connectivity index (χ2v) is 4.48. The molecule has 0 spiro atoms. The summed E-state index contributed by atoms with van der Waals surface area (Å²) in [6, 6.07) is 0. The van der Waals surface area contributed by atoms with Crippen molar-refractivity contribution in [2.24, 2.45) is 5.41 Å². The van der Waals surface area contributed by atoms with E-state index in [0.717, 1.165) is 12.8 Å². The van der Waals surface area contributed by atoms with Crippen molar-refractivity contribution >= 4 is 5.97 Å². The molecule has 0 aliphatic rings. The fourth-order valence-electron chi connectivity index (χ4n) is 1.11. The lowest BCUT2D eigenvalue weighted by Gasteiger charge is -2.24. The third-order valence-corrected chi connectivity index (χ3v) is 2.55. The number of esters is 1. The summed E-state index contributed by atoms with van der Waals surface area (Å²) in [5.74, 6) is -0.179. The number of hydrogen-bond acceptors (Lipinski definition) is 2. The van der Waals surface area contributed by atoms with Gasteiger partial charge in [0.15, 0.2) is 0 Å². The van der Waals surface area contributed by atoms with Gasteiger partial charge in [0.1, 0.15) is 0 Å². The lowest BCUT2D eigenvalue weighted by molar-refractivity contribution is -0.146. The summed E-state index contributed by atoms with van der Waals surface area (Å²) in [6.07, 6.45) is 3.29. The molecule has 0 aromatic carbocycles. The van der Waals surface area contributed by atoms with Gasteiger partial charge in [0, 0.05) is 6.92 Å². The molecule has 1 atom stereocenters. The Morgan fingerprint density at radius 1 is 1.46 bits per heavy atom. The van der Waals surface area contributed by atoms with E-state index in [2.05, 4.69) is 20.8 Å². The minimum atomic E-state index is -0.179. The standard InChI is InChI=1S/C11H22O2/c1-6-11(4,5)8-7-9(2)13-10(3)12/h9H,6-8H2,1-5H3. The molecule has 0 bridgehead atoms. The topological polar surface area (TPSA) is 26.3 Å². The molecule has 0 amide bonds. The average Bonchev–Trinajstić information content (AvgIpc) is 2.00. The van der Waals surface area contributed by atoms with E-state index >= 15 is 0 Å². The van der Waals surface area contributed by atoms with Gasteiger partial charge in [-0.05, 0) is 25.2 Å². The zero-order chi connectivity index (χ0) is 10.5. The van der Waals surface area contributed by atoms with Crippen molar-refractivity contribution in [3.63, 3.8) is 0 Å². The first-order valence-corrected chi connectivity index (χ1v) is 5.04. The highest BCUT2D eigenvalue weighted by Crippen LogP contribution is 2.27. The number of rotatable bonds is 5. The highest BCUT2D eigenvalue weighted by atomic mass is 16.5. The first kappa shape index (κ1) is 12.5. The van der Waals surface area contributed by atoms with E-state index in [4.69, 9.17) is 4.74 Å². The molecular formula is C11H22O2. The maximum Gasteiger partial charge on any atom is 0.302 e. The Kier molecular flexibility index (Phi) is 5.04. The third kappa shape index (κ3) is 6.62. The highest BCUT2D eigenvalue weighted by molar-refractivity contribution is 5.66. The summed E-state index contributed by atoms with van der Waals surface area (Å²) in [7, 11) is 0. The van der Waals surface area contributed by atoms with Gasteiger partial charge in [-0.2, -0.15) is 0 Å². The van der Waals surface area contributed by atoms with E-state index < -0.39 is 0 Å². The van der Waals surface area contributed by atoms with Gasteiger partial charge in [-0.15, -0.1) is 0 Å². The summed E-state index contributed by atoms with van der Waals surface area (Å²) in [6.45, 7) is 10.1. The third-order valence-electron chi connectivity index (χ3n) is 2.55. The molecule has 0 radical (unpaired) electrons. The van der Waals surface area contributed by atoms with Crippen molar-refractivity contribution in [1.82, 2.24) is 0 Å². The predicted molar refractivity (Wildman–Crippen MR) is 54.5 cm³/mol. The second-order valence-electron chi connectivity index (χ2n) is 4.48. The van der Waals surface area contributed by atoms with Crippen LogP contribution in [-0.2, 0) is 9.53 Å². The largest absolute Gasteiger partial charge is 0.463 e. The van der Waals surface area contributed by atoms with Crippen LogP contribution in [0.3, 0.4) is 0 Å². The van der Waals surface area contributed by atoms with Gasteiger partial charge in [0.05, 0.1) is 6.10 Å². The van der Waals surface area contributed by atoms with Gasteiger partial charge in [-0.3, -0.25) is 4.79 Å². The first-order chi connectivity index (χ1) is 5.87. The molecule has 0 aromatic heterocycles. The van der Waals surface area contributed by atoms with Crippen LogP contribution in [0.4, 0.5) is 0 Å². The van der Waals surface area contributed by atoms with Gasteiger partial charge < -0.3 is 4.74 Å². The Labute approximate surface area is 81.7 Å². The van der Waals surface area contributed by atoms with Crippen LogP contribution in [0.15, 0.2) is 0 Å². The van der Waals surface area contributed by atoms with Crippen molar-refractivity contribution in [2.75, 3.05) is 0 Å². The Bertz CT molecular complexity index is 161. The van der Waals surface area contributed by atoms with E-state index in [-0.39, 0.29) is 12.1 Å². The molecule has 0 fully saturated rings. The van der Waals surface area contributed by atoms with Gasteiger partial charge in [0.25, 0.3) is 0 Å². The lowest BCUT2D eigenvalue weighted by Crippen LogP contribution is -2.17. The average molecular weight is 186 g/mol. The number of ether oxygens (including phenoxy) is 1. The van der Waals surface area contributed by atoms with Gasteiger partial charge in [0.2, 0.25) is 0 Å². The van der Waals surface area contributed by atoms with Crippen molar-refractivity contribution < 1.29 is 9.53 Å². The molecule has 0 saturated heterocycles. The molecule has 13 heavy (non-hydrogen) atoms. The van der Waals surface area contributed by atoms with Crippen molar-refractivity contribution in [3.05, 3.63) is 0 Å². The number of carbonyl (C=O) groups is 1. The summed E-state index contributed by atoms with van der Waals surface area (Å²) in [5.41, 5.74) is 0.369. The summed E-state index contributed by atoms with van der Waals surface area (Å²) >= 11 is 0. The van der Waals surface area contributed by atoms with E-state index in [1.54, 1.807) is 0 Å². The van der Waals surface area contributed by atoms with E-state index in [9.17, 15) is 4.79 Å². The molecule has 2 nitrogen and oxygen atoms in total. The molecule has 0 saturated carbocycles. The quantitative estimate of drug-likeness (QED) is 0.616. The van der Waals surface area contributed by atoms with Crippen LogP contribution in [0.25, 0.3) is 0 Å². The molecule has 78 valence electrons. The van der Waals surface area contributed by atoms with Crippen molar-refractivity contribution in [2.45, 2.75) is 60.0 Å². The minimum Gasteiger partial charge on any atom is -0.463 e. The minimum absolute atomic E-state index is 0.0586. The van der Waals surface area contributed by atoms with Gasteiger partial charge in [-0.1, -0.05) is 27.2 Å². The van der Waals surface area contributed by atoms with Gasteiger partial charge in [-0.25, -0.2) is 0 Å². The normalized spacial score (nSPS) is 13.9. The molecule has 0 aliphatic carbocycles. The fraction of sp³-hybridized carbons (Fsp3) is 0.909. The molecule has 0 rings (SSSR count). The molecule has 1 unspecified atom stereocenters. The first-order valence-electron chi connectivity index (χ1n) is 5.04. The smallest absolute Gasteiger partial charge is 0.302 e. The zero-order valence-electron chi connectivity index (χ0n) is 9.52. The van der Waals surface area contributed by atoms with Crippen LogP contribution in [0, 0.1) is 5.41 Å². The van der Waals surface area contributed by atoms with Crippen LogP contribution in [0.5, 0.6) is 0 Å². The van der Waals surface area contributed by atoms with Crippen LogP contribution in [0.1, 0.15) is 53.9 Å². The van der Waals surface area contributed by atoms with Crippen LogP contribution >= 0.6 is 0 Å². The highest BCUT2D eigenvalue weighted by Gasteiger charge is 2.17. The van der Waals surface area contributed by atoms with E-state index in [1.165, 1.54) is 13.3 Å². The van der Waals surface area contributed by atoms with E-state index in [0.29, 0.717) is 5.41 Å². The van der Waals surface area contributed by atoms with Gasteiger partial charge >= 0.3 is 5.97 Å². The summed E-state index contributed by atoms with van der Waals surface area (Å²) in [4.78, 5) is 10.6. The molecule has 2 heteroatoms. The van der Waals surface area contributed by atoms with Crippen LogP contribution < -0.4 is 0 Å². The maximum atomic E-state index is 10.6. The van der Waals surface area contributed by atoms with Crippen molar-refractivity contribution in [3.8, 4) is 0 Å². The Hall–Kier alpha value is -0.530. The molecule has 0 aromatic rings. The Morgan fingerprint density at radius 2 is 2.00 bits per heavy atom. The molecular weight excluding hydrogens is 164 g/mol. The second kappa shape index (κ2) is 5.25. The van der Waals surface area contributed by atoms with Crippen LogP contribution in [-0.4, -0.2) is 12.1 Å².